The highest BCUT2D eigenvalue weighted by atomic mass is 79.9. The van der Waals surface area contributed by atoms with Crippen molar-refractivity contribution in [1.82, 2.24) is 9.55 Å². The lowest BCUT2D eigenvalue weighted by molar-refractivity contribution is 0.289. The number of halogens is 2. The minimum Gasteiger partial charge on any atom is -0.484 e. The van der Waals surface area contributed by atoms with Gasteiger partial charge in [0.2, 0.25) is 0 Å². The average molecular weight is 285 g/mol. The van der Waals surface area contributed by atoms with Crippen LogP contribution in [0.25, 0.3) is 0 Å². The Bertz CT molecular complexity index is 498. The second-order valence-corrected chi connectivity index (χ2v) is 4.17. The topological polar surface area (TPSA) is 27.1 Å². The molecule has 0 aliphatic heterocycles. The largest absolute Gasteiger partial charge is 0.484 e. The maximum absolute atomic E-state index is 12.8. The number of aryl methyl sites for hydroxylation is 1. The van der Waals surface area contributed by atoms with Gasteiger partial charge in [-0.1, -0.05) is 0 Å². The van der Waals surface area contributed by atoms with E-state index < -0.39 is 0 Å². The molecule has 84 valence electrons. The van der Waals surface area contributed by atoms with Crippen molar-refractivity contribution in [2.24, 2.45) is 7.05 Å². The predicted octanol–water partition coefficient (Wildman–Crippen LogP) is 2.90. The molecule has 0 bridgehead atoms. The fraction of sp³-hybridized carbons (Fsp3) is 0.182. The molecule has 0 spiro atoms. The molecule has 5 heteroatoms. The van der Waals surface area contributed by atoms with Crippen LogP contribution in [0.15, 0.2) is 35.1 Å². The van der Waals surface area contributed by atoms with Crippen molar-refractivity contribution in [2.45, 2.75) is 6.61 Å². The van der Waals surface area contributed by atoms with Gasteiger partial charge in [0.05, 0.1) is 4.47 Å². The predicted molar refractivity (Wildman–Crippen MR) is 61.6 cm³/mol. The van der Waals surface area contributed by atoms with Crippen molar-refractivity contribution < 1.29 is 9.13 Å². The zero-order chi connectivity index (χ0) is 11.5. The fourth-order valence-electron chi connectivity index (χ4n) is 1.27. The zero-order valence-corrected chi connectivity index (χ0v) is 10.2. The van der Waals surface area contributed by atoms with Gasteiger partial charge < -0.3 is 9.30 Å². The van der Waals surface area contributed by atoms with Gasteiger partial charge in [-0.2, -0.15) is 0 Å². The van der Waals surface area contributed by atoms with E-state index in [0.29, 0.717) is 16.8 Å². The first-order valence-corrected chi connectivity index (χ1v) is 5.50. The number of hydrogen-bond acceptors (Lipinski definition) is 2. The highest BCUT2D eigenvalue weighted by Gasteiger charge is 2.05. The van der Waals surface area contributed by atoms with Crippen LogP contribution in [0, 0.1) is 5.82 Å². The smallest absolute Gasteiger partial charge is 0.146 e. The number of ether oxygens (including phenoxy) is 1. The summed E-state index contributed by atoms with van der Waals surface area (Å²) in [6.07, 6.45) is 3.55. The lowest BCUT2D eigenvalue weighted by atomic mass is 10.3. The molecule has 16 heavy (non-hydrogen) atoms. The molecular formula is C11H10BrFN2O. The van der Waals surface area contributed by atoms with Crippen molar-refractivity contribution >= 4 is 15.9 Å². The summed E-state index contributed by atoms with van der Waals surface area (Å²) in [5.74, 6) is 1.12. The molecule has 0 radical (unpaired) electrons. The van der Waals surface area contributed by atoms with E-state index in [1.807, 2.05) is 17.8 Å². The second-order valence-electron chi connectivity index (χ2n) is 3.32. The third kappa shape index (κ3) is 2.41. The van der Waals surface area contributed by atoms with Gasteiger partial charge in [0.25, 0.3) is 0 Å². The third-order valence-electron chi connectivity index (χ3n) is 2.17. The molecule has 0 aliphatic rings. The molecule has 2 rings (SSSR count). The van der Waals surface area contributed by atoms with E-state index in [9.17, 15) is 4.39 Å². The van der Waals surface area contributed by atoms with E-state index >= 15 is 0 Å². The van der Waals surface area contributed by atoms with Gasteiger partial charge in [0, 0.05) is 19.4 Å². The Balaban J connectivity index is 2.08. The molecule has 0 N–H and O–H groups in total. The minimum absolute atomic E-state index is 0.295. The molecule has 0 saturated heterocycles. The van der Waals surface area contributed by atoms with Crippen molar-refractivity contribution in [3.8, 4) is 5.75 Å². The van der Waals surface area contributed by atoms with Gasteiger partial charge >= 0.3 is 0 Å². The molecule has 1 aromatic heterocycles. The standard InChI is InChI=1S/C11H10BrFN2O/c1-15-5-4-14-11(15)7-16-10-3-2-8(13)6-9(10)12/h2-6H,7H2,1H3. The maximum Gasteiger partial charge on any atom is 0.146 e. The number of rotatable bonds is 3. The van der Waals surface area contributed by atoms with Crippen LogP contribution in [0.5, 0.6) is 5.75 Å². The molecule has 1 aromatic carbocycles. The SMILES string of the molecule is Cn1ccnc1COc1ccc(F)cc1Br. The van der Waals surface area contributed by atoms with E-state index in [4.69, 9.17) is 4.74 Å². The summed E-state index contributed by atoms with van der Waals surface area (Å²) in [6.45, 7) is 0.355. The summed E-state index contributed by atoms with van der Waals surface area (Å²) in [7, 11) is 1.89. The van der Waals surface area contributed by atoms with Crippen LogP contribution in [-0.2, 0) is 13.7 Å². The lowest BCUT2D eigenvalue weighted by Crippen LogP contribution is -2.03. The summed E-state index contributed by atoms with van der Waals surface area (Å²) in [6, 6.07) is 4.31. The Morgan fingerprint density at radius 3 is 2.94 bits per heavy atom. The van der Waals surface area contributed by atoms with Crippen LogP contribution >= 0.6 is 15.9 Å². The fourth-order valence-corrected chi connectivity index (χ4v) is 1.74. The molecule has 0 saturated carbocycles. The number of nitrogens with zero attached hydrogens (tertiary/aromatic N) is 2. The Hall–Kier alpha value is -1.36. The molecule has 0 amide bonds. The van der Waals surface area contributed by atoms with Crippen molar-refractivity contribution in [2.75, 3.05) is 0 Å². The number of aromatic nitrogens is 2. The zero-order valence-electron chi connectivity index (χ0n) is 8.65. The first kappa shape index (κ1) is 11.1. The molecule has 0 atom stereocenters. The van der Waals surface area contributed by atoms with E-state index in [-0.39, 0.29) is 5.82 Å². The first-order chi connectivity index (χ1) is 7.66. The summed E-state index contributed by atoms with van der Waals surface area (Å²) in [5.41, 5.74) is 0. The molecule has 0 unspecified atom stereocenters. The van der Waals surface area contributed by atoms with Gasteiger partial charge in [-0.05, 0) is 34.1 Å². The molecule has 0 aliphatic carbocycles. The van der Waals surface area contributed by atoms with E-state index in [1.165, 1.54) is 12.1 Å². The van der Waals surface area contributed by atoms with Crippen molar-refractivity contribution in [3.05, 3.63) is 46.7 Å². The highest BCUT2D eigenvalue weighted by Crippen LogP contribution is 2.25. The van der Waals surface area contributed by atoms with Crippen LogP contribution in [-0.4, -0.2) is 9.55 Å². The summed E-state index contributed by atoms with van der Waals surface area (Å²) < 4.78 is 20.8. The summed E-state index contributed by atoms with van der Waals surface area (Å²) >= 11 is 3.24. The Morgan fingerprint density at radius 1 is 1.50 bits per heavy atom. The lowest BCUT2D eigenvalue weighted by Gasteiger charge is -2.07. The van der Waals surface area contributed by atoms with Crippen LogP contribution in [0.4, 0.5) is 4.39 Å². The van der Waals surface area contributed by atoms with E-state index in [0.717, 1.165) is 5.82 Å². The van der Waals surface area contributed by atoms with E-state index in [1.54, 1.807) is 12.3 Å². The first-order valence-electron chi connectivity index (χ1n) is 4.71. The van der Waals surface area contributed by atoms with Gasteiger partial charge in [-0.25, -0.2) is 9.37 Å². The molecular weight excluding hydrogens is 275 g/mol. The normalized spacial score (nSPS) is 10.4. The number of benzene rings is 1. The third-order valence-corrected chi connectivity index (χ3v) is 2.79. The van der Waals surface area contributed by atoms with Gasteiger partial charge in [-0.3, -0.25) is 0 Å². The van der Waals surface area contributed by atoms with Crippen molar-refractivity contribution in [1.29, 1.82) is 0 Å². The average Bonchev–Trinajstić information content (AvgIpc) is 2.63. The maximum atomic E-state index is 12.8. The Kier molecular flexibility index (Phi) is 3.24. The van der Waals surface area contributed by atoms with Crippen LogP contribution in [0.1, 0.15) is 5.82 Å². The molecule has 0 fully saturated rings. The molecule has 3 nitrogen and oxygen atoms in total. The van der Waals surface area contributed by atoms with Crippen LogP contribution in [0.3, 0.4) is 0 Å². The van der Waals surface area contributed by atoms with Crippen LogP contribution in [0.2, 0.25) is 0 Å². The molecule has 2 aromatic rings. The number of imidazole rings is 1. The van der Waals surface area contributed by atoms with E-state index in [2.05, 4.69) is 20.9 Å². The Morgan fingerprint density at radius 2 is 2.31 bits per heavy atom. The van der Waals surface area contributed by atoms with Gasteiger partial charge in [0.1, 0.15) is 24.0 Å². The number of hydrogen-bond donors (Lipinski definition) is 0. The summed E-state index contributed by atoms with van der Waals surface area (Å²) in [4.78, 5) is 4.13. The minimum atomic E-state index is -0.295. The van der Waals surface area contributed by atoms with Gasteiger partial charge in [0.15, 0.2) is 0 Å². The highest BCUT2D eigenvalue weighted by molar-refractivity contribution is 9.10. The molecule has 1 heterocycles. The second kappa shape index (κ2) is 4.65. The van der Waals surface area contributed by atoms with Crippen LogP contribution < -0.4 is 4.74 Å². The van der Waals surface area contributed by atoms with Gasteiger partial charge in [-0.15, -0.1) is 0 Å². The summed E-state index contributed by atoms with van der Waals surface area (Å²) in [5, 5.41) is 0. The monoisotopic (exact) mass is 284 g/mol. The Labute approximate surface area is 101 Å². The van der Waals surface area contributed by atoms with Crippen molar-refractivity contribution in [3.63, 3.8) is 0 Å². The quantitative estimate of drug-likeness (QED) is 0.867.